The van der Waals surface area contributed by atoms with Gasteiger partial charge < -0.3 is 5.11 Å². The molecule has 1 aliphatic heterocycles. The lowest BCUT2D eigenvalue weighted by molar-refractivity contribution is -0.143. The van der Waals surface area contributed by atoms with Crippen molar-refractivity contribution in [3.05, 3.63) is 34.1 Å². The van der Waals surface area contributed by atoms with Crippen LogP contribution < -0.4 is 0 Å². The topological polar surface area (TPSA) is 40.5 Å². The lowest BCUT2D eigenvalue weighted by Gasteiger charge is -2.26. The molecular weight excluding hydrogens is 313 g/mol. The van der Waals surface area contributed by atoms with Crippen molar-refractivity contribution >= 4 is 21.9 Å². The van der Waals surface area contributed by atoms with Crippen LogP contribution in [0.2, 0.25) is 0 Å². The van der Waals surface area contributed by atoms with Gasteiger partial charge in [0.2, 0.25) is 0 Å². The van der Waals surface area contributed by atoms with Gasteiger partial charge in [0.05, 0.1) is 0 Å². The van der Waals surface area contributed by atoms with Crippen molar-refractivity contribution in [1.29, 1.82) is 0 Å². The maximum absolute atomic E-state index is 13.4. The highest BCUT2D eigenvalue weighted by Crippen LogP contribution is 2.22. The minimum absolute atomic E-state index is 0.300. The summed E-state index contributed by atoms with van der Waals surface area (Å²) in [7, 11) is 0. The smallest absolute Gasteiger partial charge is 0.320 e. The number of rotatable bonds is 3. The number of carbonyl (C=O) groups is 1. The molecule has 1 unspecified atom stereocenters. The molecule has 3 nitrogen and oxygen atoms in total. The summed E-state index contributed by atoms with van der Waals surface area (Å²) in [4.78, 5) is 13.3. The number of carboxylic acid groups (broad SMARTS) is 1. The molecule has 2 rings (SSSR count). The monoisotopic (exact) mass is 329 g/mol. The largest absolute Gasteiger partial charge is 0.480 e. The molecule has 104 valence electrons. The van der Waals surface area contributed by atoms with Crippen LogP contribution in [0.4, 0.5) is 4.39 Å². The Morgan fingerprint density at radius 1 is 1.37 bits per heavy atom. The number of halogens is 2. The molecule has 0 spiro atoms. The zero-order valence-corrected chi connectivity index (χ0v) is 12.2. The zero-order valence-electron chi connectivity index (χ0n) is 10.6. The first kappa shape index (κ1) is 14.5. The summed E-state index contributed by atoms with van der Waals surface area (Å²) >= 11 is 3.26. The highest BCUT2D eigenvalue weighted by Gasteiger charge is 2.27. The zero-order chi connectivity index (χ0) is 13.8. The fourth-order valence-electron chi connectivity index (χ4n) is 2.57. The predicted molar refractivity (Wildman–Crippen MR) is 74.4 cm³/mol. The molecule has 1 fully saturated rings. The van der Waals surface area contributed by atoms with E-state index in [-0.39, 0.29) is 5.82 Å². The van der Waals surface area contributed by atoms with Gasteiger partial charge >= 0.3 is 5.97 Å². The summed E-state index contributed by atoms with van der Waals surface area (Å²) in [5.41, 5.74) is 0.806. The minimum atomic E-state index is -0.780. The van der Waals surface area contributed by atoms with E-state index in [1.807, 2.05) is 11.0 Å². The average molecular weight is 330 g/mol. The number of benzene rings is 1. The van der Waals surface area contributed by atoms with E-state index in [1.54, 1.807) is 0 Å². The molecule has 0 aliphatic carbocycles. The number of likely N-dealkylation sites (tertiary alicyclic amines) is 1. The summed E-state index contributed by atoms with van der Waals surface area (Å²) in [6, 6.07) is 4.26. The van der Waals surface area contributed by atoms with Crippen molar-refractivity contribution < 1.29 is 14.3 Å². The quantitative estimate of drug-likeness (QED) is 0.923. The van der Waals surface area contributed by atoms with Gasteiger partial charge in [-0.15, -0.1) is 0 Å². The summed E-state index contributed by atoms with van der Waals surface area (Å²) < 4.78 is 14.0. The number of hydrogen-bond acceptors (Lipinski definition) is 2. The van der Waals surface area contributed by atoms with Crippen LogP contribution in [0.15, 0.2) is 22.7 Å². The molecule has 0 radical (unpaired) electrons. The molecule has 0 bridgehead atoms. The molecule has 1 aromatic rings. The minimum Gasteiger partial charge on any atom is -0.480 e. The van der Waals surface area contributed by atoms with Crippen LogP contribution in [0.5, 0.6) is 0 Å². The van der Waals surface area contributed by atoms with Crippen molar-refractivity contribution in [2.75, 3.05) is 6.54 Å². The Bertz CT molecular complexity index is 447. The van der Waals surface area contributed by atoms with E-state index in [9.17, 15) is 14.3 Å². The number of aliphatic carboxylic acids is 1. The second-order valence-corrected chi connectivity index (χ2v) is 5.87. The highest BCUT2D eigenvalue weighted by atomic mass is 79.9. The first-order valence-electron chi connectivity index (χ1n) is 6.48. The van der Waals surface area contributed by atoms with Crippen molar-refractivity contribution in [1.82, 2.24) is 4.90 Å². The molecular formula is C14H17BrFNO2. The molecule has 1 heterocycles. The molecule has 19 heavy (non-hydrogen) atoms. The van der Waals surface area contributed by atoms with E-state index in [0.29, 0.717) is 17.4 Å². The van der Waals surface area contributed by atoms with E-state index in [4.69, 9.17) is 0 Å². The Kier molecular flexibility index (Phi) is 4.93. The molecule has 1 aliphatic rings. The van der Waals surface area contributed by atoms with Gasteiger partial charge in [0.1, 0.15) is 11.9 Å². The second-order valence-electron chi connectivity index (χ2n) is 4.95. The third-order valence-electron chi connectivity index (χ3n) is 3.46. The van der Waals surface area contributed by atoms with Crippen LogP contribution >= 0.6 is 15.9 Å². The van der Waals surface area contributed by atoms with E-state index in [1.165, 1.54) is 12.1 Å². The van der Waals surface area contributed by atoms with Gasteiger partial charge in [0.25, 0.3) is 0 Å². The van der Waals surface area contributed by atoms with Crippen LogP contribution in [-0.2, 0) is 11.3 Å². The van der Waals surface area contributed by atoms with E-state index >= 15 is 0 Å². The third kappa shape index (κ3) is 4.01. The van der Waals surface area contributed by atoms with Crippen LogP contribution in [0, 0.1) is 5.82 Å². The molecule has 1 aromatic carbocycles. The SMILES string of the molecule is O=C(O)C1CCCCCN1Cc1cc(F)cc(Br)c1. The Morgan fingerprint density at radius 2 is 2.16 bits per heavy atom. The fraction of sp³-hybridized carbons (Fsp3) is 0.500. The summed E-state index contributed by atoms with van der Waals surface area (Å²) in [6.07, 6.45) is 3.68. The molecule has 0 saturated carbocycles. The normalized spacial score (nSPS) is 21.1. The number of nitrogens with zero attached hydrogens (tertiary/aromatic N) is 1. The fourth-order valence-corrected chi connectivity index (χ4v) is 3.09. The van der Waals surface area contributed by atoms with Gasteiger partial charge in [-0.2, -0.15) is 0 Å². The van der Waals surface area contributed by atoms with Gasteiger partial charge in [-0.25, -0.2) is 4.39 Å². The summed E-state index contributed by atoms with van der Waals surface area (Å²) in [5.74, 6) is -1.08. The van der Waals surface area contributed by atoms with Crippen molar-refractivity contribution in [2.45, 2.75) is 38.3 Å². The molecule has 1 N–H and O–H groups in total. The highest BCUT2D eigenvalue weighted by molar-refractivity contribution is 9.10. The van der Waals surface area contributed by atoms with Crippen molar-refractivity contribution in [3.63, 3.8) is 0 Å². The standard InChI is InChI=1S/C14H17BrFNO2/c15-11-6-10(7-12(16)8-11)9-17-5-3-1-2-4-13(17)14(18)19/h6-8,13H,1-5,9H2,(H,18,19). The third-order valence-corrected chi connectivity index (χ3v) is 3.91. The maximum atomic E-state index is 13.4. The molecule has 1 saturated heterocycles. The second kappa shape index (κ2) is 6.48. The van der Waals surface area contributed by atoms with Crippen LogP contribution in [0.25, 0.3) is 0 Å². The maximum Gasteiger partial charge on any atom is 0.320 e. The number of hydrogen-bond donors (Lipinski definition) is 1. The van der Waals surface area contributed by atoms with Gasteiger partial charge in [-0.05, 0) is 43.1 Å². The first-order valence-corrected chi connectivity index (χ1v) is 7.27. The van der Waals surface area contributed by atoms with Crippen LogP contribution in [-0.4, -0.2) is 28.6 Å². The van der Waals surface area contributed by atoms with Gasteiger partial charge in [0.15, 0.2) is 0 Å². The molecule has 0 aromatic heterocycles. The summed E-state index contributed by atoms with van der Waals surface area (Å²) in [6.45, 7) is 1.23. The Balaban J connectivity index is 2.15. The van der Waals surface area contributed by atoms with Gasteiger partial charge in [-0.3, -0.25) is 9.69 Å². The van der Waals surface area contributed by atoms with E-state index < -0.39 is 12.0 Å². The molecule has 1 atom stereocenters. The Labute approximate surface area is 120 Å². The van der Waals surface area contributed by atoms with Crippen molar-refractivity contribution in [2.24, 2.45) is 0 Å². The first-order chi connectivity index (χ1) is 9.06. The molecule has 5 heteroatoms. The van der Waals surface area contributed by atoms with Gasteiger partial charge in [0, 0.05) is 11.0 Å². The van der Waals surface area contributed by atoms with Crippen LogP contribution in [0.3, 0.4) is 0 Å². The predicted octanol–water partition coefficient (Wildman–Crippen LogP) is 3.42. The van der Waals surface area contributed by atoms with E-state index in [0.717, 1.165) is 31.4 Å². The van der Waals surface area contributed by atoms with Crippen molar-refractivity contribution in [3.8, 4) is 0 Å². The van der Waals surface area contributed by atoms with Gasteiger partial charge in [-0.1, -0.05) is 28.8 Å². The average Bonchev–Trinajstić information content (AvgIpc) is 2.53. The summed E-state index contributed by atoms with van der Waals surface area (Å²) in [5, 5.41) is 9.30. The Hall–Kier alpha value is -0.940. The molecule has 0 amide bonds. The Morgan fingerprint density at radius 3 is 2.84 bits per heavy atom. The van der Waals surface area contributed by atoms with Crippen LogP contribution in [0.1, 0.15) is 31.2 Å². The lowest BCUT2D eigenvalue weighted by atomic mass is 10.1. The lowest BCUT2D eigenvalue weighted by Crippen LogP contribution is -2.40. The van der Waals surface area contributed by atoms with E-state index in [2.05, 4.69) is 15.9 Å². The number of carboxylic acids is 1.